The van der Waals surface area contributed by atoms with Crippen LogP contribution in [-0.4, -0.2) is 56.7 Å². The lowest BCUT2D eigenvalue weighted by atomic mass is 10.2. The molecule has 1 fully saturated rings. The molecule has 3 rings (SSSR count). The van der Waals surface area contributed by atoms with E-state index >= 15 is 0 Å². The summed E-state index contributed by atoms with van der Waals surface area (Å²) in [5, 5.41) is 6.63. The third-order valence-electron chi connectivity index (χ3n) is 4.83. The van der Waals surface area contributed by atoms with Crippen molar-refractivity contribution in [3.63, 3.8) is 0 Å². The van der Waals surface area contributed by atoms with Gasteiger partial charge in [0.1, 0.15) is 18.1 Å². The molecule has 0 atom stereocenters. The number of nitrogens with zero attached hydrogens (tertiary/aromatic N) is 3. The van der Waals surface area contributed by atoms with E-state index in [-0.39, 0.29) is 29.8 Å². The maximum atomic E-state index is 13.9. The molecular weight excluding hydrogens is 484 g/mol. The van der Waals surface area contributed by atoms with Crippen LogP contribution in [0.1, 0.15) is 19.1 Å². The molecular formula is C21H31FIN5O. The lowest BCUT2D eigenvalue weighted by Crippen LogP contribution is -2.47. The minimum absolute atomic E-state index is 0. The molecule has 0 aliphatic carbocycles. The van der Waals surface area contributed by atoms with Crippen LogP contribution in [-0.2, 0) is 6.54 Å². The van der Waals surface area contributed by atoms with Gasteiger partial charge in [-0.05, 0) is 44.2 Å². The van der Waals surface area contributed by atoms with Crippen LogP contribution in [0.5, 0.6) is 0 Å². The molecule has 1 aromatic heterocycles. The maximum Gasteiger partial charge on any atom is 0.191 e. The minimum atomic E-state index is -0.134. The highest BCUT2D eigenvalue weighted by atomic mass is 127. The van der Waals surface area contributed by atoms with Gasteiger partial charge in [0, 0.05) is 39.3 Å². The van der Waals surface area contributed by atoms with Gasteiger partial charge in [0.25, 0.3) is 0 Å². The first kappa shape index (κ1) is 23.5. The van der Waals surface area contributed by atoms with E-state index in [1.165, 1.54) is 6.07 Å². The molecule has 0 radical (unpaired) electrons. The second-order valence-corrected chi connectivity index (χ2v) is 6.83. The maximum absolute atomic E-state index is 13.9. The molecule has 0 amide bonds. The molecule has 0 bridgehead atoms. The molecule has 1 aromatic carbocycles. The van der Waals surface area contributed by atoms with Crippen LogP contribution in [0.2, 0.25) is 0 Å². The molecule has 0 unspecified atom stereocenters. The summed E-state index contributed by atoms with van der Waals surface area (Å²) in [5.74, 6) is 1.53. The highest BCUT2D eigenvalue weighted by Gasteiger charge is 2.18. The number of para-hydroxylation sites is 1. The summed E-state index contributed by atoms with van der Waals surface area (Å²) >= 11 is 0. The Kier molecular flexibility index (Phi) is 10.3. The quantitative estimate of drug-likeness (QED) is 0.245. The zero-order valence-electron chi connectivity index (χ0n) is 16.9. The fraction of sp³-hybridized carbons (Fsp3) is 0.476. The number of nitrogens with one attached hydrogen (secondary N) is 2. The summed E-state index contributed by atoms with van der Waals surface area (Å²) in [6, 6.07) is 10.8. The first-order valence-electron chi connectivity index (χ1n) is 10.0. The van der Waals surface area contributed by atoms with Gasteiger partial charge in [0.2, 0.25) is 0 Å². The largest absolute Gasteiger partial charge is 0.467 e. The monoisotopic (exact) mass is 515 g/mol. The van der Waals surface area contributed by atoms with Crippen LogP contribution >= 0.6 is 24.0 Å². The van der Waals surface area contributed by atoms with Crippen molar-refractivity contribution in [1.82, 2.24) is 15.5 Å². The van der Waals surface area contributed by atoms with E-state index in [1.54, 1.807) is 12.3 Å². The van der Waals surface area contributed by atoms with E-state index < -0.39 is 0 Å². The molecule has 1 saturated heterocycles. The van der Waals surface area contributed by atoms with Crippen molar-refractivity contribution >= 4 is 35.6 Å². The summed E-state index contributed by atoms with van der Waals surface area (Å²) in [5.41, 5.74) is 0.715. The third-order valence-corrected chi connectivity index (χ3v) is 4.83. The molecule has 2 N–H and O–H groups in total. The van der Waals surface area contributed by atoms with Gasteiger partial charge in [-0.15, -0.1) is 24.0 Å². The average molecular weight is 515 g/mol. The Bertz CT molecular complexity index is 732. The van der Waals surface area contributed by atoms with E-state index in [0.717, 1.165) is 64.0 Å². The minimum Gasteiger partial charge on any atom is -0.467 e. The van der Waals surface area contributed by atoms with Crippen molar-refractivity contribution < 1.29 is 8.81 Å². The first-order valence-corrected chi connectivity index (χ1v) is 10.0. The molecule has 2 aromatic rings. The highest BCUT2D eigenvalue weighted by Crippen LogP contribution is 2.20. The fourth-order valence-corrected chi connectivity index (χ4v) is 3.33. The molecule has 29 heavy (non-hydrogen) atoms. The van der Waals surface area contributed by atoms with Crippen LogP contribution in [0, 0.1) is 5.82 Å². The fourth-order valence-electron chi connectivity index (χ4n) is 3.33. The molecule has 1 aliphatic heterocycles. The van der Waals surface area contributed by atoms with Gasteiger partial charge in [0.15, 0.2) is 5.96 Å². The van der Waals surface area contributed by atoms with Crippen molar-refractivity contribution in [2.24, 2.45) is 4.99 Å². The SMILES string of the molecule is CCNC(=NCc1ccco1)NCCCN1CCN(c2ccccc2F)CC1.I. The van der Waals surface area contributed by atoms with Crippen molar-refractivity contribution in [1.29, 1.82) is 0 Å². The summed E-state index contributed by atoms with van der Waals surface area (Å²) < 4.78 is 19.2. The molecule has 8 heteroatoms. The van der Waals surface area contributed by atoms with Gasteiger partial charge < -0.3 is 20.0 Å². The molecule has 0 spiro atoms. The number of furan rings is 1. The number of guanidine groups is 1. The molecule has 0 saturated carbocycles. The number of aliphatic imine (C=N–C) groups is 1. The normalized spacial score (nSPS) is 15.1. The lowest BCUT2D eigenvalue weighted by molar-refractivity contribution is 0.254. The van der Waals surface area contributed by atoms with Gasteiger partial charge in [0.05, 0.1) is 12.0 Å². The number of hydrogen-bond acceptors (Lipinski definition) is 4. The van der Waals surface area contributed by atoms with Crippen LogP contribution in [0.4, 0.5) is 10.1 Å². The summed E-state index contributed by atoms with van der Waals surface area (Å²) in [7, 11) is 0. The molecule has 2 heterocycles. The Morgan fingerprint density at radius 2 is 1.90 bits per heavy atom. The van der Waals surface area contributed by atoms with Crippen LogP contribution in [0.3, 0.4) is 0 Å². The van der Waals surface area contributed by atoms with Gasteiger partial charge >= 0.3 is 0 Å². The van der Waals surface area contributed by atoms with Crippen molar-refractivity contribution in [2.75, 3.05) is 50.7 Å². The van der Waals surface area contributed by atoms with E-state index in [1.807, 2.05) is 24.3 Å². The van der Waals surface area contributed by atoms with Crippen molar-refractivity contribution in [3.8, 4) is 0 Å². The summed E-state index contributed by atoms with van der Waals surface area (Å²) in [4.78, 5) is 9.11. The summed E-state index contributed by atoms with van der Waals surface area (Å²) in [6.07, 6.45) is 2.70. The predicted octanol–water partition coefficient (Wildman–Crippen LogP) is 3.30. The first-order chi connectivity index (χ1) is 13.8. The Labute approximate surface area is 189 Å². The highest BCUT2D eigenvalue weighted by molar-refractivity contribution is 14.0. The molecule has 160 valence electrons. The van der Waals surface area contributed by atoms with Gasteiger partial charge in [-0.2, -0.15) is 0 Å². The van der Waals surface area contributed by atoms with E-state index in [0.29, 0.717) is 12.2 Å². The predicted molar refractivity (Wildman–Crippen MR) is 127 cm³/mol. The Morgan fingerprint density at radius 3 is 2.59 bits per heavy atom. The Balaban J connectivity index is 0.00000300. The Morgan fingerprint density at radius 1 is 1.10 bits per heavy atom. The second-order valence-electron chi connectivity index (χ2n) is 6.83. The Hall–Kier alpha value is -1.81. The number of rotatable bonds is 8. The third kappa shape index (κ3) is 7.50. The van der Waals surface area contributed by atoms with Gasteiger partial charge in [-0.25, -0.2) is 9.38 Å². The number of piperazine rings is 1. The topological polar surface area (TPSA) is 56.0 Å². The lowest BCUT2D eigenvalue weighted by Gasteiger charge is -2.36. The van der Waals surface area contributed by atoms with Crippen LogP contribution < -0.4 is 15.5 Å². The number of benzene rings is 1. The van der Waals surface area contributed by atoms with Crippen molar-refractivity contribution in [3.05, 3.63) is 54.2 Å². The van der Waals surface area contributed by atoms with Gasteiger partial charge in [-0.1, -0.05) is 12.1 Å². The smallest absolute Gasteiger partial charge is 0.191 e. The van der Waals surface area contributed by atoms with Crippen molar-refractivity contribution in [2.45, 2.75) is 19.9 Å². The van der Waals surface area contributed by atoms with E-state index in [2.05, 4.69) is 32.3 Å². The molecule has 6 nitrogen and oxygen atoms in total. The average Bonchev–Trinajstić information content (AvgIpc) is 3.24. The molecule has 1 aliphatic rings. The zero-order valence-corrected chi connectivity index (χ0v) is 19.3. The van der Waals surface area contributed by atoms with E-state index in [4.69, 9.17) is 4.42 Å². The van der Waals surface area contributed by atoms with Crippen LogP contribution in [0.25, 0.3) is 0 Å². The standard InChI is InChI=1S/C21H30FN5O.HI/c1-2-23-21(25-17-18-7-5-16-28-18)24-10-6-11-26-12-14-27(15-13-26)20-9-4-3-8-19(20)22;/h3-5,7-9,16H,2,6,10-15,17H2,1H3,(H2,23,24,25);1H. The van der Waals surface area contributed by atoms with E-state index in [9.17, 15) is 4.39 Å². The van der Waals surface area contributed by atoms with Gasteiger partial charge in [-0.3, -0.25) is 4.90 Å². The number of anilines is 1. The number of hydrogen-bond donors (Lipinski definition) is 2. The van der Waals surface area contributed by atoms with Crippen LogP contribution in [0.15, 0.2) is 52.1 Å². The zero-order chi connectivity index (χ0) is 19.6. The second kappa shape index (κ2) is 12.7. The summed E-state index contributed by atoms with van der Waals surface area (Å²) in [6.45, 7) is 8.93. The number of halogens is 2.